The topological polar surface area (TPSA) is 0 Å². The van der Waals surface area contributed by atoms with Gasteiger partial charge in [0.2, 0.25) is 23.3 Å². The Kier molecular flexibility index (Phi) is 21.7. The van der Waals surface area contributed by atoms with Gasteiger partial charge in [0, 0.05) is 44.5 Å². The van der Waals surface area contributed by atoms with Gasteiger partial charge in [0.25, 0.3) is 0 Å². The van der Waals surface area contributed by atoms with Crippen LogP contribution >= 0.6 is 0 Å². The zero-order valence-electron chi connectivity index (χ0n) is 55.0. The van der Waals surface area contributed by atoms with E-state index >= 15 is 211 Å². The normalized spacial score (nSPS) is 12.0. The molecule has 0 heterocycles. The van der Waals surface area contributed by atoms with Crippen LogP contribution in [0.25, 0.3) is 89.0 Å². The Hall–Kier alpha value is -12.7. The van der Waals surface area contributed by atoms with Gasteiger partial charge in [-0.3, -0.25) is 0 Å². The summed E-state index contributed by atoms with van der Waals surface area (Å²) < 4.78 is 811. The minimum absolute atomic E-state index is 1.63. The number of halogens is 48. The van der Waals surface area contributed by atoms with Crippen LogP contribution in [0.4, 0.5) is 211 Å². The van der Waals surface area contributed by atoms with Crippen LogP contribution in [0.5, 0.6) is 0 Å². The van der Waals surface area contributed by atoms with Crippen LogP contribution in [0, 0.1) is 279 Å². The third-order valence-electron chi connectivity index (χ3n) is 18.1. The maximum absolute atomic E-state index is 20.0. The van der Waals surface area contributed by atoms with Crippen molar-refractivity contribution in [3.63, 3.8) is 0 Å². The van der Waals surface area contributed by atoms with Gasteiger partial charge in [0.15, 0.2) is 186 Å². The minimum atomic E-state index is -8.49. The third kappa shape index (κ3) is 12.0. The smallest absolute Gasteiger partial charge is 0.200 e. The Balaban J connectivity index is 1.69. The summed E-state index contributed by atoms with van der Waals surface area (Å²) in [5, 5.41) is 0. The Morgan fingerprint density at radius 1 is 0.0992 bits per heavy atom. The molecule has 0 atom stereocenters. The van der Waals surface area contributed by atoms with Gasteiger partial charge in [-0.2, -0.15) is 0 Å². The van der Waals surface area contributed by atoms with Gasteiger partial charge < -0.3 is 0 Å². The van der Waals surface area contributed by atoms with E-state index in [4.69, 9.17) is 0 Å². The molecule has 0 N–H and O–H groups in total. The minimum Gasteiger partial charge on any atom is -0.206 e. The molecule has 0 amide bonds. The first kappa shape index (κ1) is 87.6. The standard InChI is InChI=1S/C73H4F48/c74-9-1-5(29(78)57(106)33(9)82)13-37(86)17(21-49(98)61(110)69(118)62(111)50(21)99)45(94)25(41(13)90)73(26-42(91)14(6-2-10(75)34(83)58(107)30(6)79)38(87)18(46(26)95)22-51(100)63(112)70(119)64(113)52(22)101,27-43(92)15(7-3-11(76)35(84)59(108)31(7)80)39(88)19(47(27)96)23-53(102)65(114)71(120)66(115)54(23)103)28-44(93)16(8-4-12(77)36(85)60(109)32(8)81)40(89)20(48(28)97)24-55(104)67(116)72(121)68(117)56(24)105/h1-4H. The molecule has 12 aromatic rings. The monoisotopic (exact) mass is 1790 g/mol. The van der Waals surface area contributed by atoms with Crippen molar-refractivity contribution in [3.8, 4) is 89.0 Å². The number of benzene rings is 12. The molecule has 0 aromatic heterocycles. The van der Waals surface area contributed by atoms with Crippen molar-refractivity contribution in [1.29, 1.82) is 0 Å². The highest BCUT2D eigenvalue weighted by Crippen LogP contribution is 2.62. The molecule has 0 aliphatic carbocycles. The van der Waals surface area contributed by atoms with Crippen LogP contribution in [0.1, 0.15) is 22.3 Å². The first-order valence-electron chi connectivity index (χ1n) is 30.4. The van der Waals surface area contributed by atoms with Crippen molar-refractivity contribution >= 4 is 0 Å². The van der Waals surface area contributed by atoms with E-state index in [0.29, 0.717) is 0 Å². The van der Waals surface area contributed by atoms with Crippen molar-refractivity contribution in [3.05, 3.63) is 326 Å². The van der Waals surface area contributed by atoms with Crippen LogP contribution in [-0.4, -0.2) is 0 Å². The Morgan fingerprint density at radius 3 is 0.347 bits per heavy atom. The molecule has 0 aliphatic heterocycles. The second kappa shape index (κ2) is 29.9. The SMILES string of the molecule is Fc1cc(-c2c(F)c(-c3c(F)c(F)c(F)c(F)c3F)c(F)c(C(c3c(F)c(-c4cc(F)c(F)c(F)c4F)c(F)c(-c4c(F)c(F)c(F)c(F)c4F)c3F)(c3c(F)c(-c4cc(F)c(F)c(F)c4F)c(F)c(-c4c(F)c(F)c(F)c(F)c4F)c3F)c3c(F)c(-c4cc(F)c(F)c(F)c4F)c(F)c(-c4c(F)c(F)c(F)c(F)c4F)c3F)c2F)c(F)c(F)c1F. The third-order valence-corrected chi connectivity index (χ3v) is 18.1. The number of hydrogen-bond donors (Lipinski definition) is 0. The van der Waals surface area contributed by atoms with E-state index in [1.54, 1.807) is 0 Å². The molecule has 0 spiro atoms. The Labute approximate surface area is 629 Å². The fourth-order valence-corrected chi connectivity index (χ4v) is 12.9. The maximum atomic E-state index is 20.0. The van der Waals surface area contributed by atoms with Gasteiger partial charge in [-0.05, 0) is 24.3 Å². The molecule has 0 bridgehead atoms. The quantitative estimate of drug-likeness (QED) is 0.0495. The van der Waals surface area contributed by atoms with E-state index < -0.39 is 420 Å². The lowest BCUT2D eigenvalue weighted by Gasteiger charge is -2.41. The molecule has 0 aliphatic rings. The second-order valence-corrected chi connectivity index (χ2v) is 24.2. The highest BCUT2D eigenvalue weighted by atomic mass is 19.2. The van der Waals surface area contributed by atoms with Gasteiger partial charge >= 0.3 is 0 Å². The summed E-state index contributed by atoms with van der Waals surface area (Å²) in [7, 11) is 0. The molecular formula is C73H4F48. The van der Waals surface area contributed by atoms with Crippen LogP contribution < -0.4 is 0 Å². The molecule has 12 rings (SSSR count). The van der Waals surface area contributed by atoms with Crippen LogP contribution in [0.2, 0.25) is 0 Å². The molecule has 0 saturated heterocycles. The van der Waals surface area contributed by atoms with Gasteiger partial charge in [-0.25, -0.2) is 211 Å². The zero-order valence-corrected chi connectivity index (χ0v) is 55.0. The molecule has 0 fully saturated rings. The van der Waals surface area contributed by atoms with Crippen molar-refractivity contribution in [1.82, 2.24) is 0 Å². The number of rotatable bonds is 12. The lowest BCUT2D eigenvalue weighted by atomic mass is 9.60. The van der Waals surface area contributed by atoms with Gasteiger partial charge in [-0.15, -0.1) is 0 Å². The molecule has 12 aromatic carbocycles. The van der Waals surface area contributed by atoms with E-state index in [9.17, 15) is 0 Å². The summed E-state index contributed by atoms with van der Waals surface area (Å²) in [6, 6.07) is -6.51. The van der Waals surface area contributed by atoms with Crippen LogP contribution in [0.3, 0.4) is 0 Å². The van der Waals surface area contributed by atoms with E-state index in [0.717, 1.165) is 0 Å². The zero-order chi connectivity index (χ0) is 90.6. The summed E-state index contributed by atoms with van der Waals surface area (Å²) in [6.45, 7) is 0. The van der Waals surface area contributed by atoms with Gasteiger partial charge in [0.05, 0.1) is 72.2 Å². The molecule has 0 saturated carbocycles. The summed E-state index contributed by atoms with van der Waals surface area (Å²) in [6.07, 6.45) is 0. The number of hydrogen-bond acceptors (Lipinski definition) is 0. The maximum Gasteiger partial charge on any atom is 0.200 e. The molecule has 0 unspecified atom stereocenters. The Bertz CT molecular complexity index is 5820. The summed E-state index contributed by atoms with van der Waals surface area (Å²) >= 11 is 0. The van der Waals surface area contributed by atoms with Crippen molar-refractivity contribution < 1.29 is 211 Å². The summed E-state index contributed by atoms with van der Waals surface area (Å²) in [4.78, 5) is 0. The van der Waals surface area contributed by atoms with E-state index in [1.165, 1.54) is 0 Å². The fraction of sp³-hybridized carbons (Fsp3) is 0.0137. The van der Waals surface area contributed by atoms with Crippen molar-refractivity contribution in [2.45, 2.75) is 5.41 Å². The fourth-order valence-electron chi connectivity index (χ4n) is 12.9. The van der Waals surface area contributed by atoms with Crippen molar-refractivity contribution in [2.75, 3.05) is 0 Å². The molecule has 0 radical (unpaired) electrons. The lowest BCUT2D eigenvalue weighted by Crippen LogP contribution is -2.41. The molecule has 632 valence electrons. The van der Waals surface area contributed by atoms with Crippen LogP contribution in [0.15, 0.2) is 24.3 Å². The second-order valence-electron chi connectivity index (χ2n) is 24.2. The van der Waals surface area contributed by atoms with E-state index in [-0.39, 0.29) is 0 Å². The highest BCUT2D eigenvalue weighted by Gasteiger charge is 2.60. The molecule has 0 nitrogen and oxygen atoms in total. The molecular weight excluding hydrogens is 1790 g/mol. The largest absolute Gasteiger partial charge is 0.206 e. The highest BCUT2D eigenvalue weighted by molar-refractivity contribution is 5.89. The Morgan fingerprint density at radius 2 is 0.207 bits per heavy atom. The predicted molar refractivity (Wildman–Crippen MR) is 306 cm³/mol. The summed E-state index contributed by atoms with van der Waals surface area (Å²) in [5.41, 5.74) is -96.0. The van der Waals surface area contributed by atoms with Gasteiger partial charge in [0.1, 0.15) is 69.8 Å². The predicted octanol–water partition coefficient (Wildman–Crippen LogP) is 26.1. The average Bonchev–Trinajstić information content (AvgIpc) is 0.665. The van der Waals surface area contributed by atoms with Gasteiger partial charge in [-0.1, -0.05) is 0 Å². The lowest BCUT2D eigenvalue weighted by molar-refractivity contribution is 0.378. The van der Waals surface area contributed by atoms with Crippen LogP contribution in [-0.2, 0) is 5.41 Å². The van der Waals surface area contributed by atoms with E-state index in [2.05, 4.69) is 0 Å². The first-order chi connectivity index (χ1) is 56.1. The van der Waals surface area contributed by atoms with E-state index in [1.807, 2.05) is 0 Å². The average molecular weight is 1790 g/mol. The first-order valence-corrected chi connectivity index (χ1v) is 30.4. The molecule has 121 heavy (non-hydrogen) atoms. The summed E-state index contributed by atoms with van der Waals surface area (Å²) in [5.74, 6) is -202. The van der Waals surface area contributed by atoms with Crippen molar-refractivity contribution in [2.24, 2.45) is 0 Å². The molecule has 48 heteroatoms.